The van der Waals surface area contributed by atoms with Gasteiger partial charge in [-0.3, -0.25) is 4.79 Å². The van der Waals surface area contributed by atoms with Gasteiger partial charge in [0, 0.05) is 23.8 Å². The van der Waals surface area contributed by atoms with Gasteiger partial charge in [-0.15, -0.1) is 11.3 Å². The average Bonchev–Trinajstić information content (AvgIpc) is 2.86. The molecule has 1 aromatic carbocycles. The molecule has 0 spiro atoms. The molecule has 2 N–H and O–H groups in total. The van der Waals surface area contributed by atoms with Gasteiger partial charge in [-0.25, -0.2) is 0 Å². The highest BCUT2D eigenvalue weighted by Gasteiger charge is 2.09. The summed E-state index contributed by atoms with van der Waals surface area (Å²) in [6, 6.07) is 9.59. The van der Waals surface area contributed by atoms with Crippen molar-refractivity contribution in [1.29, 1.82) is 0 Å². The summed E-state index contributed by atoms with van der Waals surface area (Å²) in [5.41, 5.74) is 2.72. The Morgan fingerprint density at radius 1 is 1.40 bits per heavy atom. The van der Waals surface area contributed by atoms with E-state index in [1.54, 1.807) is 0 Å². The highest BCUT2D eigenvalue weighted by molar-refractivity contribution is 7.14. The van der Waals surface area contributed by atoms with Gasteiger partial charge < -0.3 is 10.6 Å². The van der Waals surface area contributed by atoms with Crippen LogP contribution in [0.15, 0.2) is 35.7 Å². The maximum atomic E-state index is 11.8. The fourth-order valence-corrected chi connectivity index (χ4v) is 2.88. The molecule has 5 heteroatoms. The summed E-state index contributed by atoms with van der Waals surface area (Å²) in [6.45, 7) is 4.60. The number of anilines is 1. The number of nitrogens with one attached hydrogen (secondary N) is 2. The van der Waals surface area contributed by atoms with Crippen molar-refractivity contribution in [2.75, 3.05) is 11.9 Å². The summed E-state index contributed by atoms with van der Waals surface area (Å²) in [7, 11) is 0. The van der Waals surface area contributed by atoms with Crippen LogP contribution in [0.2, 0.25) is 4.34 Å². The monoisotopic (exact) mass is 308 g/mol. The third kappa shape index (κ3) is 3.74. The minimum Gasteiger partial charge on any atom is -0.378 e. The Hall–Kier alpha value is -1.52. The van der Waals surface area contributed by atoms with Crippen molar-refractivity contribution in [3.8, 4) is 0 Å². The van der Waals surface area contributed by atoms with Crippen LogP contribution in [0.3, 0.4) is 0 Å². The number of carbonyl (C=O) groups is 1. The van der Waals surface area contributed by atoms with Crippen LogP contribution < -0.4 is 10.6 Å². The van der Waals surface area contributed by atoms with E-state index in [2.05, 4.69) is 17.6 Å². The van der Waals surface area contributed by atoms with Crippen LogP contribution in [0.1, 0.15) is 35.8 Å². The number of thiophene rings is 1. The Labute approximate surface area is 128 Å². The fourth-order valence-electron chi connectivity index (χ4n) is 1.90. The molecule has 0 fully saturated rings. The maximum Gasteiger partial charge on any atom is 0.251 e. The summed E-state index contributed by atoms with van der Waals surface area (Å²) < 4.78 is 0.782. The normalized spacial score (nSPS) is 11.9. The molecule has 1 unspecified atom stereocenters. The van der Waals surface area contributed by atoms with Gasteiger partial charge in [0.15, 0.2) is 0 Å². The summed E-state index contributed by atoms with van der Waals surface area (Å²) >= 11 is 7.47. The van der Waals surface area contributed by atoms with Gasteiger partial charge in [-0.2, -0.15) is 0 Å². The van der Waals surface area contributed by atoms with E-state index < -0.39 is 0 Å². The van der Waals surface area contributed by atoms with Crippen LogP contribution in [0, 0.1) is 0 Å². The highest BCUT2D eigenvalue weighted by atomic mass is 35.5. The molecule has 20 heavy (non-hydrogen) atoms. The molecule has 0 bridgehead atoms. The molecule has 1 heterocycles. The molecule has 0 aliphatic heterocycles. The summed E-state index contributed by atoms with van der Waals surface area (Å²) in [5, 5.41) is 8.21. The molecule has 106 valence electrons. The lowest BCUT2D eigenvalue weighted by Gasteiger charge is -2.14. The first-order chi connectivity index (χ1) is 9.60. The van der Waals surface area contributed by atoms with Crippen LogP contribution in [-0.2, 0) is 0 Å². The first kappa shape index (κ1) is 14.9. The second-order valence-corrected chi connectivity index (χ2v) is 6.03. The second kappa shape index (κ2) is 6.77. The third-order valence-electron chi connectivity index (χ3n) is 2.93. The molecule has 1 amide bonds. The van der Waals surface area contributed by atoms with E-state index in [9.17, 15) is 4.79 Å². The molecule has 0 saturated heterocycles. The molecular formula is C15H17ClN2OS. The van der Waals surface area contributed by atoms with Gasteiger partial charge in [0.05, 0.1) is 4.34 Å². The molecule has 1 atom stereocenters. The molecule has 0 aliphatic rings. The van der Waals surface area contributed by atoms with Crippen LogP contribution in [-0.4, -0.2) is 12.5 Å². The van der Waals surface area contributed by atoms with E-state index in [4.69, 9.17) is 11.6 Å². The van der Waals surface area contributed by atoms with Crippen molar-refractivity contribution < 1.29 is 4.79 Å². The number of halogens is 1. The number of carbonyl (C=O) groups excluding carboxylic acids is 1. The lowest BCUT2D eigenvalue weighted by Crippen LogP contribution is -2.22. The summed E-state index contributed by atoms with van der Waals surface area (Å²) in [4.78, 5) is 11.8. The van der Waals surface area contributed by atoms with Crippen LogP contribution in [0.5, 0.6) is 0 Å². The smallest absolute Gasteiger partial charge is 0.251 e. The molecule has 0 aliphatic carbocycles. The van der Waals surface area contributed by atoms with Crippen molar-refractivity contribution in [2.45, 2.75) is 19.9 Å². The van der Waals surface area contributed by atoms with Gasteiger partial charge in [-0.1, -0.05) is 17.7 Å². The fraction of sp³-hybridized carbons (Fsp3) is 0.267. The first-order valence-corrected chi connectivity index (χ1v) is 7.74. The third-order valence-corrected chi connectivity index (χ3v) is 4.04. The second-order valence-electron chi connectivity index (χ2n) is 4.49. The summed E-state index contributed by atoms with van der Waals surface area (Å²) in [6.07, 6.45) is 0. The van der Waals surface area contributed by atoms with Crippen molar-refractivity contribution in [3.63, 3.8) is 0 Å². The number of amides is 1. The topological polar surface area (TPSA) is 41.1 Å². The zero-order valence-corrected chi connectivity index (χ0v) is 13.0. The van der Waals surface area contributed by atoms with Gasteiger partial charge >= 0.3 is 0 Å². The molecule has 2 aromatic rings. The zero-order valence-electron chi connectivity index (χ0n) is 11.4. The Morgan fingerprint density at radius 3 is 2.85 bits per heavy atom. The highest BCUT2D eigenvalue weighted by Crippen LogP contribution is 2.27. The molecule has 1 aromatic heterocycles. The first-order valence-electron chi connectivity index (χ1n) is 6.49. The van der Waals surface area contributed by atoms with Gasteiger partial charge in [0.25, 0.3) is 5.91 Å². The Morgan fingerprint density at radius 2 is 2.20 bits per heavy atom. The minimum atomic E-state index is -0.0534. The number of hydrogen-bond donors (Lipinski definition) is 2. The molecule has 0 saturated carbocycles. The van der Waals surface area contributed by atoms with E-state index in [0.717, 1.165) is 15.6 Å². The molecule has 3 nitrogen and oxygen atoms in total. The largest absolute Gasteiger partial charge is 0.378 e. The van der Waals surface area contributed by atoms with Crippen LogP contribution in [0.4, 0.5) is 5.69 Å². The van der Waals surface area contributed by atoms with E-state index in [1.807, 2.05) is 42.6 Å². The zero-order chi connectivity index (χ0) is 14.5. The molecular weight excluding hydrogens is 292 g/mol. The lowest BCUT2D eigenvalue weighted by atomic mass is 10.1. The Balaban J connectivity index is 2.09. The standard InChI is InChI=1S/C15H17ClN2OS/c1-3-17-15(19)11-5-4-6-13(7-11)18-10(2)12-8-14(16)20-9-12/h4-10,18H,3H2,1-2H3,(H,17,19). The van der Waals surface area contributed by atoms with E-state index in [-0.39, 0.29) is 11.9 Å². The van der Waals surface area contributed by atoms with E-state index in [1.165, 1.54) is 11.3 Å². The van der Waals surface area contributed by atoms with Gasteiger partial charge in [-0.05, 0) is 49.1 Å². The summed E-state index contributed by atoms with van der Waals surface area (Å²) in [5.74, 6) is -0.0534. The Bertz CT molecular complexity index is 597. The maximum absolute atomic E-state index is 11.8. The lowest BCUT2D eigenvalue weighted by molar-refractivity contribution is 0.0956. The van der Waals surface area contributed by atoms with Crippen molar-refractivity contribution in [1.82, 2.24) is 5.32 Å². The van der Waals surface area contributed by atoms with Crippen LogP contribution >= 0.6 is 22.9 Å². The molecule has 2 rings (SSSR count). The number of hydrogen-bond acceptors (Lipinski definition) is 3. The quantitative estimate of drug-likeness (QED) is 0.863. The van der Waals surface area contributed by atoms with Crippen molar-refractivity contribution in [2.24, 2.45) is 0 Å². The average molecular weight is 309 g/mol. The van der Waals surface area contributed by atoms with E-state index in [0.29, 0.717) is 12.1 Å². The van der Waals surface area contributed by atoms with E-state index >= 15 is 0 Å². The minimum absolute atomic E-state index is 0.0534. The number of rotatable bonds is 5. The Kier molecular flexibility index (Phi) is 5.04. The van der Waals surface area contributed by atoms with Gasteiger partial charge in [0.1, 0.15) is 0 Å². The van der Waals surface area contributed by atoms with Crippen molar-refractivity contribution >= 4 is 34.5 Å². The SMILES string of the molecule is CCNC(=O)c1cccc(NC(C)c2csc(Cl)c2)c1. The number of benzene rings is 1. The predicted molar refractivity (Wildman–Crippen MR) is 85.8 cm³/mol. The van der Waals surface area contributed by atoms with Crippen molar-refractivity contribution in [3.05, 3.63) is 51.2 Å². The molecule has 0 radical (unpaired) electrons. The van der Waals surface area contributed by atoms with Crippen LogP contribution in [0.25, 0.3) is 0 Å². The van der Waals surface area contributed by atoms with Gasteiger partial charge in [0.2, 0.25) is 0 Å². The predicted octanol–water partition coefficient (Wildman–Crippen LogP) is 4.32.